The molecule has 5 heteroatoms. The molecule has 1 heterocycles. The van der Waals surface area contributed by atoms with Crippen LogP contribution < -0.4 is 5.73 Å². The Hall–Kier alpha value is -2.95. The number of nitrogens with zero attached hydrogens (tertiary/aromatic N) is 1. The van der Waals surface area contributed by atoms with Crippen LogP contribution in [0.1, 0.15) is 40.0 Å². The smallest absolute Gasteiger partial charge is 0.248 e. The lowest BCUT2D eigenvalue weighted by atomic mass is 9.93. The van der Waals surface area contributed by atoms with Crippen LogP contribution in [0.2, 0.25) is 0 Å². The summed E-state index contributed by atoms with van der Waals surface area (Å²) < 4.78 is 13.5. The molecule has 0 bridgehead atoms. The maximum absolute atomic E-state index is 13.5. The molecule has 128 valence electrons. The van der Waals surface area contributed by atoms with Crippen molar-refractivity contribution in [2.24, 2.45) is 5.73 Å². The van der Waals surface area contributed by atoms with E-state index in [9.17, 15) is 14.0 Å². The number of halogens is 1. The fraction of sp³-hybridized carbons (Fsp3) is 0.200. The van der Waals surface area contributed by atoms with E-state index in [4.69, 9.17) is 5.73 Å². The van der Waals surface area contributed by atoms with Gasteiger partial charge in [0.2, 0.25) is 11.8 Å². The highest BCUT2D eigenvalue weighted by Gasteiger charge is 2.26. The van der Waals surface area contributed by atoms with Gasteiger partial charge in [0.05, 0.1) is 6.04 Å². The van der Waals surface area contributed by atoms with Gasteiger partial charge in [0.15, 0.2) is 0 Å². The Morgan fingerprint density at radius 3 is 2.60 bits per heavy atom. The number of fused-ring (bicyclic) bond motifs is 1. The molecule has 2 amide bonds. The lowest BCUT2D eigenvalue weighted by molar-refractivity contribution is -0.128. The minimum Gasteiger partial charge on any atom is -0.366 e. The molecule has 0 saturated carbocycles. The third-order valence-electron chi connectivity index (χ3n) is 4.54. The van der Waals surface area contributed by atoms with Crippen LogP contribution in [0.25, 0.3) is 6.08 Å². The molecule has 0 saturated heterocycles. The van der Waals surface area contributed by atoms with Crippen LogP contribution in [0.3, 0.4) is 0 Å². The third-order valence-corrected chi connectivity index (χ3v) is 4.54. The van der Waals surface area contributed by atoms with Gasteiger partial charge in [-0.3, -0.25) is 9.59 Å². The molecule has 0 fully saturated rings. The number of carbonyl (C=O) groups excluding carboxylic acids is 2. The lowest BCUT2D eigenvalue weighted by Crippen LogP contribution is -2.37. The largest absolute Gasteiger partial charge is 0.366 e. The quantitative estimate of drug-likeness (QED) is 0.874. The first-order chi connectivity index (χ1) is 12.0. The zero-order chi connectivity index (χ0) is 18.0. The van der Waals surface area contributed by atoms with Crippen LogP contribution in [0.5, 0.6) is 0 Å². The van der Waals surface area contributed by atoms with Crippen LogP contribution in [-0.4, -0.2) is 23.3 Å². The molecule has 0 radical (unpaired) electrons. The van der Waals surface area contributed by atoms with E-state index in [1.807, 2.05) is 6.92 Å². The number of amides is 2. The second-order valence-corrected chi connectivity index (χ2v) is 6.12. The Balaban J connectivity index is 1.74. The molecule has 1 unspecified atom stereocenters. The van der Waals surface area contributed by atoms with Gasteiger partial charge in [0.25, 0.3) is 0 Å². The van der Waals surface area contributed by atoms with Gasteiger partial charge in [-0.15, -0.1) is 0 Å². The predicted octanol–water partition coefficient (Wildman–Crippen LogP) is 3.08. The zero-order valence-corrected chi connectivity index (χ0v) is 13.9. The highest BCUT2D eigenvalue weighted by atomic mass is 19.1. The molecule has 2 aromatic carbocycles. The maximum atomic E-state index is 13.5. The van der Waals surface area contributed by atoms with Crippen molar-refractivity contribution in [1.29, 1.82) is 0 Å². The molecule has 2 aromatic rings. The van der Waals surface area contributed by atoms with Crippen LogP contribution in [0.15, 0.2) is 48.5 Å². The molecule has 1 aliphatic heterocycles. The van der Waals surface area contributed by atoms with Gasteiger partial charge in [-0.25, -0.2) is 4.39 Å². The highest BCUT2D eigenvalue weighted by Crippen LogP contribution is 2.30. The maximum Gasteiger partial charge on any atom is 0.248 e. The number of hydrogen-bond acceptors (Lipinski definition) is 2. The van der Waals surface area contributed by atoms with Gasteiger partial charge >= 0.3 is 0 Å². The predicted molar refractivity (Wildman–Crippen MR) is 94.2 cm³/mol. The van der Waals surface area contributed by atoms with Crippen LogP contribution in [0, 0.1) is 5.82 Å². The van der Waals surface area contributed by atoms with Crippen LogP contribution in [-0.2, 0) is 11.2 Å². The second-order valence-electron chi connectivity index (χ2n) is 6.12. The summed E-state index contributed by atoms with van der Waals surface area (Å²) in [6, 6.07) is 11.3. The van der Waals surface area contributed by atoms with E-state index in [1.165, 1.54) is 18.2 Å². The SMILES string of the molecule is CC1c2cc(F)ccc2CCN1C(=O)/C=C/c1ccc(C(N)=O)cc1. The Morgan fingerprint density at radius 1 is 1.20 bits per heavy atom. The number of primary amides is 1. The summed E-state index contributed by atoms with van der Waals surface area (Å²) in [7, 11) is 0. The standard InChI is InChI=1S/C20H19FN2O2/c1-13-18-12-17(21)8-7-15(18)10-11-23(13)19(24)9-4-14-2-5-16(6-3-14)20(22)25/h2-9,12-13H,10-11H2,1H3,(H2,22,25)/b9-4+. The molecular formula is C20H19FN2O2. The van der Waals surface area contributed by atoms with Gasteiger partial charge in [0, 0.05) is 18.2 Å². The number of nitrogens with two attached hydrogens (primary N) is 1. The molecule has 2 N–H and O–H groups in total. The number of benzene rings is 2. The van der Waals surface area contributed by atoms with Gasteiger partial charge in [-0.2, -0.15) is 0 Å². The molecule has 1 aliphatic rings. The Labute approximate surface area is 145 Å². The molecule has 0 spiro atoms. The molecule has 3 rings (SSSR count). The minimum absolute atomic E-state index is 0.124. The molecule has 0 aromatic heterocycles. The summed E-state index contributed by atoms with van der Waals surface area (Å²) in [5.74, 6) is -0.897. The number of carbonyl (C=O) groups is 2. The molecule has 1 atom stereocenters. The summed E-state index contributed by atoms with van der Waals surface area (Å²) in [5, 5.41) is 0. The summed E-state index contributed by atoms with van der Waals surface area (Å²) in [4.78, 5) is 25.3. The highest BCUT2D eigenvalue weighted by molar-refractivity contribution is 5.94. The fourth-order valence-corrected chi connectivity index (χ4v) is 3.11. The van der Waals surface area contributed by atoms with Crippen molar-refractivity contribution < 1.29 is 14.0 Å². The van der Waals surface area contributed by atoms with Gasteiger partial charge in [0.1, 0.15) is 5.82 Å². The van der Waals surface area contributed by atoms with E-state index in [0.29, 0.717) is 18.5 Å². The lowest BCUT2D eigenvalue weighted by Gasteiger charge is -2.34. The van der Waals surface area contributed by atoms with Gasteiger partial charge in [-0.05, 0) is 60.4 Å². The summed E-state index contributed by atoms with van der Waals surface area (Å²) in [5.41, 5.74) is 8.37. The fourth-order valence-electron chi connectivity index (χ4n) is 3.11. The van der Waals surface area contributed by atoms with Crippen molar-refractivity contribution in [2.45, 2.75) is 19.4 Å². The Kier molecular flexibility index (Phi) is 4.65. The van der Waals surface area contributed by atoms with E-state index in [0.717, 1.165) is 16.7 Å². The van der Waals surface area contributed by atoms with Crippen molar-refractivity contribution >= 4 is 17.9 Å². The number of rotatable bonds is 3. The topological polar surface area (TPSA) is 63.4 Å². The van der Waals surface area contributed by atoms with E-state index in [2.05, 4.69) is 0 Å². The van der Waals surface area contributed by atoms with Crippen molar-refractivity contribution in [2.75, 3.05) is 6.54 Å². The summed E-state index contributed by atoms with van der Waals surface area (Å²) >= 11 is 0. The van der Waals surface area contributed by atoms with E-state index < -0.39 is 5.91 Å². The summed E-state index contributed by atoms with van der Waals surface area (Å²) in [6.07, 6.45) is 3.91. The van der Waals surface area contributed by atoms with E-state index in [-0.39, 0.29) is 17.8 Å². The summed E-state index contributed by atoms with van der Waals surface area (Å²) in [6.45, 7) is 2.51. The Morgan fingerprint density at radius 2 is 1.92 bits per heavy atom. The average Bonchev–Trinajstić information content (AvgIpc) is 2.61. The number of hydrogen-bond donors (Lipinski definition) is 1. The van der Waals surface area contributed by atoms with Crippen molar-refractivity contribution in [3.63, 3.8) is 0 Å². The second kappa shape index (κ2) is 6.89. The van der Waals surface area contributed by atoms with Crippen LogP contribution in [0.4, 0.5) is 4.39 Å². The van der Waals surface area contributed by atoms with E-state index >= 15 is 0 Å². The van der Waals surface area contributed by atoms with Crippen molar-refractivity contribution in [3.8, 4) is 0 Å². The van der Waals surface area contributed by atoms with E-state index in [1.54, 1.807) is 41.3 Å². The normalized spacial score (nSPS) is 16.7. The molecule has 25 heavy (non-hydrogen) atoms. The van der Waals surface area contributed by atoms with Gasteiger partial charge in [-0.1, -0.05) is 18.2 Å². The molecule has 4 nitrogen and oxygen atoms in total. The molecule has 0 aliphatic carbocycles. The first-order valence-corrected chi connectivity index (χ1v) is 8.12. The Bertz CT molecular complexity index is 843. The average molecular weight is 338 g/mol. The first-order valence-electron chi connectivity index (χ1n) is 8.12. The zero-order valence-electron chi connectivity index (χ0n) is 13.9. The first kappa shape index (κ1) is 16.9. The monoisotopic (exact) mass is 338 g/mol. The van der Waals surface area contributed by atoms with Gasteiger partial charge < -0.3 is 10.6 Å². The minimum atomic E-state index is -0.486. The van der Waals surface area contributed by atoms with Crippen molar-refractivity contribution in [1.82, 2.24) is 4.90 Å². The van der Waals surface area contributed by atoms with Crippen molar-refractivity contribution in [3.05, 3.63) is 76.6 Å². The van der Waals surface area contributed by atoms with Crippen LogP contribution >= 0.6 is 0 Å². The third kappa shape index (κ3) is 3.60. The molecular weight excluding hydrogens is 319 g/mol.